The van der Waals surface area contributed by atoms with Crippen molar-refractivity contribution in [2.24, 2.45) is 0 Å². The molecule has 0 aliphatic carbocycles. The van der Waals surface area contributed by atoms with E-state index in [1.165, 1.54) is 16.7 Å². The van der Waals surface area contributed by atoms with Gasteiger partial charge >= 0.3 is 0 Å². The first kappa shape index (κ1) is 51.5. The molecule has 0 aromatic heterocycles. The van der Waals surface area contributed by atoms with Crippen LogP contribution in [0.15, 0.2) is 72.8 Å². The summed E-state index contributed by atoms with van der Waals surface area (Å²) in [6.07, 6.45) is 0.792. The van der Waals surface area contributed by atoms with Gasteiger partial charge in [0.1, 0.15) is 23.0 Å². The number of hydrogen-bond donors (Lipinski definition) is 4. The summed E-state index contributed by atoms with van der Waals surface area (Å²) in [6.45, 7) is 40.2. The number of para-hydroxylation sites is 1. The van der Waals surface area contributed by atoms with Crippen LogP contribution >= 0.6 is 0 Å². The van der Waals surface area contributed by atoms with E-state index in [1.54, 1.807) is 6.07 Å². The first-order valence-corrected chi connectivity index (χ1v) is 24.3. The van der Waals surface area contributed by atoms with Gasteiger partial charge in [-0.3, -0.25) is 9.78 Å². The van der Waals surface area contributed by atoms with Crippen LogP contribution in [0.1, 0.15) is 194 Å². The Morgan fingerprint density at radius 1 is 0.426 bits per heavy atom. The molecule has 3 unspecified atom stereocenters. The lowest BCUT2D eigenvalue weighted by atomic mass is 9.74. The lowest BCUT2D eigenvalue weighted by Crippen LogP contribution is -2.19. The first-order chi connectivity index (χ1) is 31.4. The molecule has 6 rings (SSSR count). The molecule has 4 N–H and O–H groups in total. The molecule has 6 aromatic carbocycles. The third kappa shape index (κ3) is 10.1. The van der Waals surface area contributed by atoms with Gasteiger partial charge in [0.15, 0.2) is 11.5 Å². The van der Waals surface area contributed by atoms with Gasteiger partial charge < -0.3 is 20.4 Å². The maximum Gasteiger partial charge on any atom is 0.184 e. The zero-order valence-corrected chi connectivity index (χ0v) is 44.5. The average molecular weight is 919 g/mol. The molecule has 0 aliphatic rings. The Balaban J connectivity index is 1.47. The number of aryl methyl sites for hydroxylation is 5. The van der Waals surface area contributed by atoms with Crippen LogP contribution in [0.2, 0.25) is 0 Å². The topological polar surface area (TPSA) is 99.4 Å². The highest BCUT2D eigenvalue weighted by molar-refractivity contribution is 5.61. The Kier molecular flexibility index (Phi) is 14.3. The summed E-state index contributed by atoms with van der Waals surface area (Å²) >= 11 is 0. The van der Waals surface area contributed by atoms with E-state index < -0.39 is 0 Å². The van der Waals surface area contributed by atoms with Crippen LogP contribution in [0.3, 0.4) is 0 Å². The van der Waals surface area contributed by atoms with Crippen LogP contribution in [0.25, 0.3) is 0 Å². The highest BCUT2D eigenvalue weighted by Crippen LogP contribution is 2.48. The Hall–Kier alpha value is -5.88. The summed E-state index contributed by atoms with van der Waals surface area (Å²) in [5, 5.41) is 44.6. The average Bonchev–Trinajstić information content (AvgIpc) is 3.22. The third-order valence-electron chi connectivity index (χ3n) is 14.7. The monoisotopic (exact) mass is 919 g/mol. The van der Waals surface area contributed by atoms with Gasteiger partial charge in [-0.15, -0.1) is 0 Å². The molecule has 0 heterocycles. The van der Waals surface area contributed by atoms with Gasteiger partial charge in [-0.05, 0) is 204 Å². The Morgan fingerprint density at radius 2 is 0.882 bits per heavy atom. The van der Waals surface area contributed by atoms with Crippen LogP contribution in [0.5, 0.6) is 34.5 Å². The van der Waals surface area contributed by atoms with Gasteiger partial charge in [0.2, 0.25) is 0 Å². The maximum atomic E-state index is 11.3. The fourth-order valence-corrected chi connectivity index (χ4v) is 10.4. The van der Waals surface area contributed by atoms with E-state index in [2.05, 4.69) is 134 Å². The minimum atomic E-state index is -0.333. The number of hydrogen-bond acceptors (Lipinski definition) is 6. The summed E-state index contributed by atoms with van der Waals surface area (Å²) in [6, 6.07) is 24.4. The van der Waals surface area contributed by atoms with E-state index in [1.807, 2.05) is 64.1 Å². The minimum Gasteiger partial charge on any atom is -0.508 e. The van der Waals surface area contributed by atoms with Crippen LogP contribution in [-0.2, 0) is 16.2 Å². The molecule has 0 amide bonds. The fourth-order valence-electron chi connectivity index (χ4n) is 10.4. The first-order valence-electron chi connectivity index (χ1n) is 24.3. The summed E-state index contributed by atoms with van der Waals surface area (Å²) in [4.78, 5) is 13.0. The molecule has 0 fully saturated rings. The summed E-state index contributed by atoms with van der Waals surface area (Å²) in [5.41, 5.74) is 17.0. The fraction of sp³-hybridized carbons (Fsp3) is 0.419. The molecule has 0 saturated carbocycles. The molecular formula is C62H78O6. The summed E-state index contributed by atoms with van der Waals surface area (Å²) < 4.78 is 0. The van der Waals surface area contributed by atoms with Crippen LogP contribution in [0, 0.1) is 62.3 Å². The second-order valence-electron chi connectivity index (χ2n) is 23.0. The van der Waals surface area contributed by atoms with E-state index in [4.69, 9.17) is 9.78 Å². The lowest BCUT2D eigenvalue weighted by Gasteiger charge is -2.31. The van der Waals surface area contributed by atoms with Gasteiger partial charge in [-0.2, -0.15) is 0 Å². The van der Waals surface area contributed by atoms with Crippen molar-refractivity contribution in [3.63, 3.8) is 0 Å². The quantitative estimate of drug-likeness (QED) is 0.0587. The third-order valence-corrected chi connectivity index (χ3v) is 14.7. The molecule has 0 saturated heterocycles. The van der Waals surface area contributed by atoms with E-state index in [0.717, 1.165) is 89.9 Å². The summed E-state index contributed by atoms with van der Waals surface area (Å²) in [7, 11) is 0. The van der Waals surface area contributed by atoms with E-state index >= 15 is 0 Å². The second-order valence-corrected chi connectivity index (χ2v) is 23.0. The van der Waals surface area contributed by atoms with Gasteiger partial charge in [-0.1, -0.05) is 118 Å². The van der Waals surface area contributed by atoms with E-state index in [9.17, 15) is 20.4 Å². The molecule has 0 spiro atoms. The number of phenolic OH excluding ortho intramolecular Hbond substituents is 4. The van der Waals surface area contributed by atoms with Gasteiger partial charge in [0.05, 0.1) is 0 Å². The molecule has 362 valence electrons. The normalized spacial score (nSPS) is 13.6. The number of benzene rings is 6. The summed E-state index contributed by atoms with van der Waals surface area (Å²) in [5.74, 6) is 2.20. The Morgan fingerprint density at radius 3 is 1.41 bits per heavy atom. The zero-order valence-electron chi connectivity index (χ0n) is 44.5. The predicted molar refractivity (Wildman–Crippen MR) is 281 cm³/mol. The van der Waals surface area contributed by atoms with Crippen molar-refractivity contribution in [2.75, 3.05) is 0 Å². The maximum absolute atomic E-state index is 11.3. The van der Waals surface area contributed by atoms with Crippen molar-refractivity contribution in [2.45, 2.75) is 172 Å². The zero-order chi connectivity index (χ0) is 50.7. The van der Waals surface area contributed by atoms with Crippen LogP contribution < -0.4 is 9.78 Å². The van der Waals surface area contributed by atoms with E-state index in [-0.39, 0.29) is 39.7 Å². The number of aromatic hydroxyl groups is 4. The second kappa shape index (κ2) is 18.9. The molecule has 0 bridgehead atoms. The van der Waals surface area contributed by atoms with E-state index in [0.29, 0.717) is 28.7 Å². The highest BCUT2D eigenvalue weighted by Gasteiger charge is 2.32. The SMILES string of the molecule is Cc1cc(O)c(C(C)(C)C)cc1C(C)CC(c1cc(C(C)(C)C)c(O)cc1C)c1cc(C(C)(C)C)c(OOc2c(C)cc(C(c3ccccc3O)c3cc(C)c(O)c(C)c3C)c(C)c2C)cc1C. The van der Waals surface area contributed by atoms with Gasteiger partial charge in [0, 0.05) is 23.0 Å². The van der Waals surface area contributed by atoms with Crippen molar-refractivity contribution >= 4 is 0 Å². The van der Waals surface area contributed by atoms with Crippen molar-refractivity contribution in [3.05, 3.63) is 173 Å². The Bertz CT molecular complexity index is 2880. The smallest absolute Gasteiger partial charge is 0.184 e. The highest BCUT2D eigenvalue weighted by atomic mass is 17.2. The van der Waals surface area contributed by atoms with Crippen LogP contribution in [-0.4, -0.2) is 20.4 Å². The van der Waals surface area contributed by atoms with Crippen molar-refractivity contribution in [1.29, 1.82) is 0 Å². The lowest BCUT2D eigenvalue weighted by molar-refractivity contribution is -0.103. The van der Waals surface area contributed by atoms with Crippen molar-refractivity contribution in [3.8, 4) is 34.5 Å². The molecule has 68 heavy (non-hydrogen) atoms. The molecule has 6 heteroatoms. The van der Waals surface area contributed by atoms with Crippen molar-refractivity contribution < 1.29 is 30.2 Å². The number of phenols is 4. The molecular weight excluding hydrogens is 841 g/mol. The standard InChI is InChI=1S/C62H78O6/c1-33(44-30-50(60(11,12)13)54(64)27-34(44)2)24-49(45-31-51(61(14,15)16)55(65)28-35(45)3)46-32-52(62(17,18)19)56(29-36(46)4)67-68-59-38(6)26-48(40(8)42(59)10)57(43-22-20-21-23-53(43)63)47-25-37(5)58(66)41(9)39(47)7/h20-23,25-33,49,57,63-66H,24H2,1-19H3. The molecule has 6 aromatic rings. The largest absolute Gasteiger partial charge is 0.508 e. The number of rotatable bonds is 11. The molecule has 0 aliphatic heterocycles. The van der Waals surface area contributed by atoms with Gasteiger partial charge in [0.25, 0.3) is 0 Å². The molecule has 0 radical (unpaired) electrons. The molecule has 6 nitrogen and oxygen atoms in total. The predicted octanol–water partition coefficient (Wildman–Crippen LogP) is 16.1. The molecule has 3 atom stereocenters. The van der Waals surface area contributed by atoms with Crippen LogP contribution in [0.4, 0.5) is 0 Å². The van der Waals surface area contributed by atoms with Crippen molar-refractivity contribution in [1.82, 2.24) is 0 Å². The minimum absolute atomic E-state index is 0.0458. The van der Waals surface area contributed by atoms with Gasteiger partial charge in [-0.25, -0.2) is 0 Å². The Labute approximate surface area is 408 Å².